The average molecular weight is 405 g/mol. The van der Waals surface area contributed by atoms with Gasteiger partial charge in [-0.1, -0.05) is 23.7 Å². The number of nitrogens with zero attached hydrogens (tertiary/aromatic N) is 1. The van der Waals surface area contributed by atoms with E-state index >= 15 is 0 Å². The normalized spacial score (nSPS) is 16.1. The first-order chi connectivity index (χ1) is 13.1. The number of halogens is 1. The van der Waals surface area contributed by atoms with Crippen LogP contribution < -0.4 is 10.1 Å². The van der Waals surface area contributed by atoms with Crippen LogP contribution in [0.4, 0.5) is 5.69 Å². The van der Waals surface area contributed by atoms with E-state index in [1.54, 1.807) is 0 Å². The molecule has 27 heavy (non-hydrogen) atoms. The van der Waals surface area contributed by atoms with Crippen molar-refractivity contribution < 1.29 is 9.47 Å². The van der Waals surface area contributed by atoms with E-state index in [0.717, 1.165) is 48.0 Å². The summed E-state index contributed by atoms with van der Waals surface area (Å²) >= 11 is 11.8. The summed E-state index contributed by atoms with van der Waals surface area (Å²) in [5, 5.41) is 4.74. The van der Waals surface area contributed by atoms with E-state index < -0.39 is 0 Å². The summed E-state index contributed by atoms with van der Waals surface area (Å²) in [6.45, 7) is 4.90. The van der Waals surface area contributed by atoms with Crippen molar-refractivity contribution in [3.05, 3.63) is 59.1 Å². The smallest absolute Gasteiger partial charge is 0.173 e. The van der Waals surface area contributed by atoms with Crippen molar-refractivity contribution in [3.63, 3.8) is 0 Å². The Labute approximate surface area is 171 Å². The van der Waals surface area contributed by atoms with E-state index in [9.17, 15) is 0 Å². The molecular formula is C21H25ClN2O2S. The van der Waals surface area contributed by atoms with Crippen molar-refractivity contribution in [2.75, 3.05) is 25.1 Å². The van der Waals surface area contributed by atoms with Gasteiger partial charge in [0.15, 0.2) is 5.11 Å². The number of hydrogen-bond donors (Lipinski definition) is 1. The molecule has 2 aromatic carbocycles. The monoisotopic (exact) mass is 404 g/mol. The lowest BCUT2D eigenvalue weighted by Gasteiger charge is -2.28. The molecule has 1 fully saturated rings. The zero-order valence-electron chi connectivity index (χ0n) is 15.5. The average Bonchev–Trinajstić information content (AvgIpc) is 3.16. The molecule has 0 amide bonds. The highest BCUT2D eigenvalue weighted by molar-refractivity contribution is 7.80. The predicted molar refractivity (Wildman–Crippen MR) is 115 cm³/mol. The second-order valence-corrected chi connectivity index (χ2v) is 7.36. The van der Waals surface area contributed by atoms with Crippen molar-refractivity contribution in [2.24, 2.45) is 0 Å². The van der Waals surface area contributed by atoms with Crippen LogP contribution in [0.15, 0.2) is 48.5 Å². The van der Waals surface area contributed by atoms with Crippen LogP contribution in [0.25, 0.3) is 0 Å². The van der Waals surface area contributed by atoms with Crippen LogP contribution in [0.3, 0.4) is 0 Å². The highest BCUT2D eigenvalue weighted by Crippen LogP contribution is 2.20. The number of ether oxygens (including phenoxy) is 2. The third kappa shape index (κ3) is 6.09. The molecule has 1 atom stereocenters. The quantitative estimate of drug-likeness (QED) is 0.648. The van der Waals surface area contributed by atoms with Crippen molar-refractivity contribution >= 4 is 34.6 Å². The molecule has 3 rings (SSSR count). The van der Waals surface area contributed by atoms with Crippen molar-refractivity contribution in [1.82, 2.24) is 4.90 Å². The third-order valence-corrected chi connectivity index (χ3v) is 5.01. The van der Waals surface area contributed by atoms with E-state index in [0.29, 0.717) is 18.3 Å². The summed E-state index contributed by atoms with van der Waals surface area (Å²) < 4.78 is 11.3. The summed E-state index contributed by atoms with van der Waals surface area (Å²) in [5.41, 5.74) is 2.06. The highest BCUT2D eigenvalue weighted by Gasteiger charge is 2.21. The fourth-order valence-electron chi connectivity index (χ4n) is 3.11. The summed E-state index contributed by atoms with van der Waals surface area (Å²) in [4.78, 5) is 2.15. The van der Waals surface area contributed by atoms with Gasteiger partial charge in [0, 0.05) is 30.4 Å². The van der Waals surface area contributed by atoms with Gasteiger partial charge < -0.3 is 19.7 Å². The fraction of sp³-hybridized carbons (Fsp3) is 0.381. The Balaban J connectivity index is 1.69. The molecule has 6 heteroatoms. The Morgan fingerprint density at radius 1 is 1.30 bits per heavy atom. The summed E-state index contributed by atoms with van der Waals surface area (Å²) in [6, 6.07) is 15.7. The number of hydrogen-bond acceptors (Lipinski definition) is 3. The van der Waals surface area contributed by atoms with Crippen molar-refractivity contribution in [2.45, 2.75) is 32.4 Å². The molecule has 0 radical (unpaired) electrons. The van der Waals surface area contributed by atoms with Crippen LogP contribution in [0, 0.1) is 0 Å². The number of benzene rings is 2. The Morgan fingerprint density at radius 3 is 2.78 bits per heavy atom. The molecular weight excluding hydrogens is 380 g/mol. The first-order valence-electron chi connectivity index (χ1n) is 9.29. The number of thiocarbonyl (C=S) groups is 1. The van der Waals surface area contributed by atoms with Gasteiger partial charge in [0.1, 0.15) is 5.75 Å². The molecule has 0 saturated carbocycles. The predicted octanol–water partition coefficient (Wildman–Crippen LogP) is 5.12. The van der Waals surface area contributed by atoms with Crippen LogP contribution in [-0.2, 0) is 11.3 Å². The zero-order chi connectivity index (χ0) is 19.1. The topological polar surface area (TPSA) is 33.7 Å². The van der Waals surface area contributed by atoms with Crippen LogP contribution in [0.2, 0.25) is 5.02 Å². The first-order valence-corrected chi connectivity index (χ1v) is 10.1. The number of anilines is 1. The summed E-state index contributed by atoms with van der Waals surface area (Å²) in [6.07, 6.45) is 2.39. The van der Waals surface area contributed by atoms with Gasteiger partial charge in [-0.25, -0.2) is 0 Å². The molecule has 144 valence electrons. The van der Waals surface area contributed by atoms with Crippen molar-refractivity contribution in [3.8, 4) is 5.75 Å². The molecule has 0 aromatic heterocycles. The maximum absolute atomic E-state index is 6.14. The van der Waals surface area contributed by atoms with Gasteiger partial charge in [-0.15, -0.1) is 0 Å². The molecule has 0 spiro atoms. The van der Waals surface area contributed by atoms with E-state index in [1.165, 1.54) is 0 Å². The van der Waals surface area contributed by atoms with Gasteiger partial charge in [0.2, 0.25) is 0 Å². The number of rotatable bonds is 7. The Bertz CT molecular complexity index is 748. The highest BCUT2D eigenvalue weighted by atomic mass is 35.5. The zero-order valence-corrected chi connectivity index (χ0v) is 17.1. The van der Waals surface area contributed by atoms with Gasteiger partial charge >= 0.3 is 0 Å². The van der Waals surface area contributed by atoms with Gasteiger partial charge in [-0.2, -0.15) is 0 Å². The molecule has 1 N–H and O–H groups in total. The molecule has 1 aliphatic rings. The van der Waals surface area contributed by atoms with Crippen LogP contribution in [-0.4, -0.2) is 35.9 Å². The van der Waals surface area contributed by atoms with Crippen LogP contribution in [0.1, 0.15) is 25.3 Å². The third-order valence-electron chi connectivity index (χ3n) is 4.41. The molecule has 1 heterocycles. The second kappa shape index (κ2) is 9.93. The van der Waals surface area contributed by atoms with Gasteiger partial charge in [-0.3, -0.25) is 0 Å². The fourth-order valence-corrected chi connectivity index (χ4v) is 3.58. The van der Waals surface area contributed by atoms with E-state index in [1.807, 2.05) is 49.4 Å². The summed E-state index contributed by atoms with van der Waals surface area (Å²) in [5.74, 6) is 0.851. The van der Waals surface area contributed by atoms with E-state index in [-0.39, 0.29) is 6.10 Å². The van der Waals surface area contributed by atoms with Crippen molar-refractivity contribution in [1.29, 1.82) is 0 Å². The van der Waals surface area contributed by atoms with Gasteiger partial charge in [0.25, 0.3) is 0 Å². The Kier molecular flexibility index (Phi) is 7.33. The molecule has 1 saturated heterocycles. The second-order valence-electron chi connectivity index (χ2n) is 6.53. The first kappa shape index (κ1) is 19.9. The van der Waals surface area contributed by atoms with Crippen LogP contribution >= 0.6 is 23.8 Å². The largest absolute Gasteiger partial charge is 0.494 e. The lowest BCUT2D eigenvalue weighted by Crippen LogP contribution is -2.39. The minimum atomic E-state index is 0.212. The molecule has 1 unspecified atom stereocenters. The standard InChI is InChI=1S/C21H25ClN2O2S/c1-2-25-19-10-8-18(9-11-19)23-21(27)24(15-20-7-4-12-26-20)14-16-5-3-6-17(22)13-16/h3,5-6,8-11,13,20H,2,4,7,12,14-15H2,1H3,(H,23,27). The molecule has 1 aliphatic heterocycles. The Morgan fingerprint density at radius 2 is 2.11 bits per heavy atom. The molecule has 0 bridgehead atoms. The number of nitrogens with one attached hydrogen (secondary N) is 1. The van der Waals surface area contributed by atoms with E-state index in [4.69, 9.17) is 33.3 Å². The lowest BCUT2D eigenvalue weighted by atomic mass is 10.2. The minimum absolute atomic E-state index is 0.212. The molecule has 4 nitrogen and oxygen atoms in total. The maximum Gasteiger partial charge on any atom is 0.173 e. The molecule has 0 aliphatic carbocycles. The van der Waals surface area contributed by atoms with Gasteiger partial charge in [-0.05, 0) is 73.9 Å². The minimum Gasteiger partial charge on any atom is -0.494 e. The SMILES string of the molecule is CCOc1ccc(NC(=S)N(Cc2cccc(Cl)c2)CC2CCCO2)cc1. The van der Waals surface area contributed by atoms with Crippen LogP contribution in [0.5, 0.6) is 5.75 Å². The maximum atomic E-state index is 6.14. The molecule has 2 aromatic rings. The lowest BCUT2D eigenvalue weighted by molar-refractivity contribution is 0.0905. The Hall–Kier alpha value is -1.82. The van der Waals surface area contributed by atoms with E-state index in [2.05, 4.69) is 16.3 Å². The summed E-state index contributed by atoms with van der Waals surface area (Å²) in [7, 11) is 0. The van der Waals surface area contributed by atoms with Gasteiger partial charge in [0.05, 0.1) is 12.7 Å².